The SMILES string of the molecule is Cc1nc2nc(N3C[C@@H](C)O[C@@H](c4cnn(C5CC5)c4)C3)nc(C3CCC3)c2cc1C#N. The van der Waals surface area contributed by atoms with Gasteiger partial charge in [-0.15, -0.1) is 0 Å². The van der Waals surface area contributed by atoms with Crippen molar-refractivity contribution in [3.63, 3.8) is 0 Å². The van der Waals surface area contributed by atoms with E-state index in [1.807, 2.05) is 19.2 Å². The summed E-state index contributed by atoms with van der Waals surface area (Å²) in [5.41, 5.74) is 4.15. The second kappa shape index (κ2) is 7.52. The molecule has 0 N–H and O–H groups in total. The Bertz CT molecular complexity index is 1220. The number of anilines is 1. The Morgan fingerprint density at radius 3 is 2.69 bits per heavy atom. The molecule has 8 nitrogen and oxygen atoms in total. The minimum absolute atomic E-state index is 0.0557. The van der Waals surface area contributed by atoms with E-state index in [0.717, 1.165) is 36.0 Å². The lowest BCUT2D eigenvalue weighted by atomic mass is 9.81. The van der Waals surface area contributed by atoms with E-state index in [1.54, 1.807) is 0 Å². The van der Waals surface area contributed by atoms with Crippen LogP contribution in [-0.4, -0.2) is 43.9 Å². The molecule has 1 aliphatic heterocycles. The molecule has 0 aromatic carbocycles. The Labute approximate surface area is 187 Å². The zero-order chi connectivity index (χ0) is 21.8. The van der Waals surface area contributed by atoms with E-state index in [9.17, 15) is 5.26 Å². The first kappa shape index (κ1) is 19.6. The highest BCUT2D eigenvalue weighted by Gasteiger charge is 2.32. The average molecular weight is 430 g/mol. The molecule has 6 rings (SSSR count). The number of aryl methyl sites for hydroxylation is 1. The van der Waals surface area contributed by atoms with Gasteiger partial charge in [-0.3, -0.25) is 4.68 Å². The number of rotatable bonds is 4. The monoisotopic (exact) mass is 429 g/mol. The molecule has 0 unspecified atom stereocenters. The lowest BCUT2D eigenvalue weighted by Gasteiger charge is -2.37. The Hall–Kier alpha value is -3.05. The van der Waals surface area contributed by atoms with Crippen molar-refractivity contribution >= 4 is 17.0 Å². The molecule has 0 radical (unpaired) electrons. The van der Waals surface area contributed by atoms with Crippen LogP contribution in [0.1, 0.15) is 79.6 Å². The standard InChI is InChI=1S/C24H27N7O/c1-14-11-30(13-21(32-14)18-10-26-31(12-18)19-6-7-19)24-28-22(16-4-3-5-16)20-8-17(9-25)15(2)27-23(20)29-24/h8,10,12,14,16,19,21H,3-7,11,13H2,1-2H3/t14-,21-/m1/s1. The van der Waals surface area contributed by atoms with E-state index in [2.05, 4.69) is 38.9 Å². The summed E-state index contributed by atoms with van der Waals surface area (Å²) in [5.74, 6) is 1.13. The number of hydrogen-bond acceptors (Lipinski definition) is 7. The van der Waals surface area contributed by atoms with Gasteiger partial charge in [0, 0.05) is 29.6 Å². The molecule has 4 heterocycles. The third-order valence-corrected chi connectivity index (χ3v) is 6.96. The van der Waals surface area contributed by atoms with Crippen molar-refractivity contribution in [2.45, 2.75) is 70.1 Å². The normalized spacial score (nSPS) is 23.8. The van der Waals surface area contributed by atoms with Crippen molar-refractivity contribution in [2.75, 3.05) is 18.0 Å². The van der Waals surface area contributed by atoms with Crippen LogP contribution in [0.3, 0.4) is 0 Å². The largest absolute Gasteiger partial charge is 0.367 e. The van der Waals surface area contributed by atoms with Crippen LogP contribution >= 0.6 is 0 Å². The molecule has 2 saturated carbocycles. The molecule has 0 bridgehead atoms. The van der Waals surface area contributed by atoms with Crippen molar-refractivity contribution in [3.8, 4) is 6.07 Å². The fraction of sp³-hybridized carbons (Fsp3) is 0.542. The Balaban J connectivity index is 1.37. The van der Waals surface area contributed by atoms with Gasteiger partial charge in [-0.1, -0.05) is 6.42 Å². The molecule has 0 amide bonds. The number of fused-ring (bicyclic) bond motifs is 1. The number of ether oxygens (including phenoxy) is 1. The molecular formula is C24H27N7O. The highest BCUT2D eigenvalue weighted by Crippen LogP contribution is 2.40. The van der Waals surface area contributed by atoms with Crippen molar-refractivity contribution in [1.82, 2.24) is 24.7 Å². The van der Waals surface area contributed by atoms with Gasteiger partial charge in [-0.25, -0.2) is 9.97 Å². The molecule has 2 atom stereocenters. The van der Waals surface area contributed by atoms with E-state index in [-0.39, 0.29) is 12.2 Å². The van der Waals surface area contributed by atoms with Crippen LogP contribution in [0.4, 0.5) is 5.95 Å². The summed E-state index contributed by atoms with van der Waals surface area (Å²) in [6.45, 7) is 5.39. The molecule has 3 fully saturated rings. The topological polar surface area (TPSA) is 92.8 Å². The first-order chi connectivity index (χ1) is 15.6. The second-order valence-corrected chi connectivity index (χ2v) is 9.47. The van der Waals surface area contributed by atoms with Crippen molar-refractivity contribution < 1.29 is 4.74 Å². The van der Waals surface area contributed by atoms with Gasteiger partial charge in [0.25, 0.3) is 0 Å². The van der Waals surface area contributed by atoms with E-state index >= 15 is 0 Å². The minimum Gasteiger partial charge on any atom is -0.367 e. The molecule has 2 aliphatic carbocycles. The summed E-state index contributed by atoms with van der Waals surface area (Å²) in [4.78, 5) is 16.8. The van der Waals surface area contributed by atoms with Gasteiger partial charge in [0.15, 0.2) is 5.65 Å². The van der Waals surface area contributed by atoms with Crippen molar-refractivity contribution in [1.29, 1.82) is 5.26 Å². The quantitative estimate of drug-likeness (QED) is 0.619. The lowest BCUT2D eigenvalue weighted by Crippen LogP contribution is -2.43. The molecule has 3 aliphatic rings. The Morgan fingerprint density at radius 2 is 1.97 bits per heavy atom. The third-order valence-electron chi connectivity index (χ3n) is 6.96. The summed E-state index contributed by atoms with van der Waals surface area (Å²) in [5, 5.41) is 15.0. The summed E-state index contributed by atoms with van der Waals surface area (Å²) < 4.78 is 8.35. The van der Waals surface area contributed by atoms with E-state index in [4.69, 9.17) is 14.7 Å². The fourth-order valence-electron chi connectivity index (χ4n) is 4.76. The summed E-state index contributed by atoms with van der Waals surface area (Å²) in [6, 6.07) is 4.74. The van der Waals surface area contributed by atoms with Gasteiger partial charge in [-0.2, -0.15) is 15.3 Å². The average Bonchev–Trinajstić information content (AvgIpc) is 3.48. The molecule has 3 aromatic heterocycles. The summed E-state index contributed by atoms with van der Waals surface area (Å²) in [6.07, 6.45) is 9.97. The third kappa shape index (κ3) is 3.41. The first-order valence-corrected chi connectivity index (χ1v) is 11.6. The molecule has 32 heavy (non-hydrogen) atoms. The smallest absolute Gasteiger partial charge is 0.227 e. The summed E-state index contributed by atoms with van der Waals surface area (Å²) in [7, 11) is 0. The molecule has 3 aromatic rings. The molecule has 1 saturated heterocycles. The molecular weight excluding hydrogens is 402 g/mol. The van der Waals surface area contributed by atoms with Gasteiger partial charge in [0.2, 0.25) is 5.95 Å². The zero-order valence-electron chi connectivity index (χ0n) is 18.5. The van der Waals surface area contributed by atoms with Gasteiger partial charge in [-0.05, 0) is 45.6 Å². The summed E-state index contributed by atoms with van der Waals surface area (Å²) >= 11 is 0. The zero-order valence-corrected chi connectivity index (χ0v) is 18.5. The molecule has 164 valence electrons. The van der Waals surface area contributed by atoms with Crippen LogP contribution in [-0.2, 0) is 4.74 Å². The van der Waals surface area contributed by atoms with Crippen LogP contribution in [0.2, 0.25) is 0 Å². The van der Waals surface area contributed by atoms with Crippen molar-refractivity contribution in [3.05, 3.63) is 41.0 Å². The highest BCUT2D eigenvalue weighted by atomic mass is 16.5. The van der Waals surface area contributed by atoms with Gasteiger partial charge in [0.05, 0.1) is 41.8 Å². The lowest BCUT2D eigenvalue weighted by molar-refractivity contribution is -0.0179. The van der Waals surface area contributed by atoms with Crippen LogP contribution in [0, 0.1) is 18.3 Å². The number of nitrogens with zero attached hydrogens (tertiary/aromatic N) is 7. The van der Waals surface area contributed by atoms with Gasteiger partial charge in [0.1, 0.15) is 12.2 Å². The van der Waals surface area contributed by atoms with Crippen molar-refractivity contribution in [2.24, 2.45) is 0 Å². The maximum absolute atomic E-state index is 9.48. The van der Waals surface area contributed by atoms with E-state index in [0.29, 0.717) is 41.4 Å². The predicted molar refractivity (Wildman–Crippen MR) is 119 cm³/mol. The van der Waals surface area contributed by atoms with E-state index in [1.165, 1.54) is 19.3 Å². The van der Waals surface area contributed by atoms with Gasteiger partial charge < -0.3 is 9.64 Å². The second-order valence-electron chi connectivity index (χ2n) is 9.47. The van der Waals surface area contributed by atoms with Gasteiger partial charge >= 0.3 is 0 Å². The van der Waals surface area contributed by atoms with Crippen LogP contribution in [0.15, 0.2) is 18.5 Å². The van der Waals surface area contributed by atoms with Crippen LogP contribution < -0.4 is 4.90 Å². The van der Waals surface area contributed by atoms with Crippen LogP contribution in [0.25, 0.3) is 11.0 Å². The highest BCUT2D eigenvalue weighted by molar-refractivity contribution is 5.81. The minimum atomic E-state index is -0.0617. The fourth-order valence-corrected chi connectivity index (χ4v) is 4.76. The number of aromatic nitrogens is 5. The number of pyridine rings is 1. The number of morpholine rings is 1. The van der Waals surface area contributed by atoms with Crippen LogP contribution in [0.5, 0.6) is 0 Å². The maximum Gasteiger partial charge on any atom is 0.227 e. The van der Waals surface area contributed by atoms with E-state index < -0.39 is 0 Å². The molecule has 8 heteroatoms. The maximum atomic E-state index is 9.48. The predicted octanol–water partition coefficient (Wildman–Crippen LogP) is 3.97. The Kier molecular flexibility index (Phi) is 4.61. The molecule has 0 spiro atoms. The number of hydrogen-bond donors (Lipinski definition) is 0. The Morgan fingerprint density at radius 1 is 1.12 bits per heavy atom. The number of nitriles is 1. The first-order valence-electron chi connectivity index (χ1n) is 11.6.